The van der Waals surface area contributed by atoms with Crippen LogP contribution >= 0.6 is 0 Å². The summed E-state index contributed by atoms with van der Waals surface area (Å²) in [6.07, 6.45) is -3.87. The van der Waals surface area contributed by atoms with Gasteiger partial charge in [-0.2, -0.15) is 13.2 Å². The van der Waals surface area contributed by atoms with Crippen molar-refractivity contribution in [3.8, 4) is 5.75 Å². The van der Waals surface area contributed by atoms with E-state index < -0.39 is 30.6 Å². The van der Waals surface area contributed by atoms with E-state index in [0.29, 0.717) is 16.7 Å². The maximum Gasteiger partial charge on any atom is 0.406 e. The van der Waals surface area contributed by atoms with E-state index >= 15 is 0 Å². The third-order valence-electron chi connectivity index (χ3n) is 4.35. The monoisotopic (exact) mass is 366 g/mol. The average molecular weight is 366 g/mol. The van der Waals surface area contributed by atoms with E-state index in [4.69, 9.17) is 0 Å². The fraction of sp³-hybridized carbons (Fsp3) is 0.333. The number of aromatic hydroxyl groups is 1. The molecule has 2 N–H and O–H groups in total. The number of fused-ring (bicyclic) bond motifs is 1. The second-order valence-corrected chi connectivity index (χ2v) is 6.23. The van der Waals surface area contributed by atoms with Crippen molar-refractivity contribution in [2.45, 2.75) is 25.1 Å². The lowest BCUT2D eigenvalue weighted by molar-refractivity contribution is -0.164. The number of nitrogens with zero attached hydrogens (tertiary/aromatic N) is 1. The summed E-state index contributed by atoms with van der Waals surface area (Å²) >= 11 is 0. The Labute approximate surface area is 147 Å². The van der Waals surface area contributed by atoms with E-state index in [1.165, 1.54) is 6.07 Å². The predicted molar refractivity (Wildman–Crippen MR) is 88.7 cm³/mol. The first kappa shape index (κ1) is 18.0. The number of amides is 2. The fourth-order valence-electron chi connectivity index (χ4n) is 3.12. The molecule has 0 spiro atoms. The van der Waals surface area contributed by atoms with E-state index in [9.17, 15) is 27.9 Å². The zero-order valence-corrected chi connectivity index (χ0v) is 13.7. The van der Waals surface area contributed by atoms with Gasteiger partial charge in [0, 0.05) is 11.9 Å². The highest BCUT2D eigenvalue weighted by molar-refractivity contribution is 6.05. The third kappa shape index (κ3) is 3.74. The van der Waals surface area contributed by atoms with E-state index in [1.54, 1.807) is 30.3 Å². The number of hydrogen-bond acceptors (Lipinski definition) is 3. The Hall–Kier alpha value is -2.77. The average Bonchev–Trinajstić information content (AvgIpc) is 2.58. The molecule has 0 aliphatic carbocycles. The SMILES string of the molecule is O=C(NC1CCCN(CC(F)(F)F)C1=O)c1ccc2ccccc2c1O. The Bertz CT molecular complexity index is 851. The van der Waals surface area contributed by atoms with Crippen LogP contribution in [0.2, 0.25) is 0 Å². The lowest BCUT2D eigenvalue weighted by atomic mass is 10.0. The minimum atomic E-state index is -4.49. The van der Waals surface area contributed by atoms with Crippen LogP contribution in [0.1, 0.15) is 23.2 Å². The van der Waals surface area contributed by atoms with E-state index in [2.05, 4.69) is 5.32 Å². The Morgan fingerprint density at radius 2 is 1.96 bits per heavy atom. The Balaban J connectivity index is 1.77. The molecule has 3 rings (SSSR count). The predicted octanol–water partition coefficient (Wildman–Crippen LogP) is 2.83. The van der Waals surface area contributed by atoms with Crippen molar-refractivity contribution < 1.29 is 27.9 Å². The summed E-state index contributed by atoms with van der Waals surface area (Å²) < 4.78 is 37.7. The fourth-order valence-corrected chi connectivity index (χ4v) is 3.12. The molecule has 0 saturated carbocycles. The maximum atomic E-state index is 12.6. The summed E-state index contributed by atoms with van der Waals surface area (Å²) in [5.41, 5.74) is -0.0237. The van der Waals surface area contributed by atoms with Crippen molar-refractivity contribution in [1.82, 2.24) is 10.2 Å². The van der Waals surface area contributed by atoms with Gasteiger partial charge in [-0.3, -0.25) is 9.59 Å². The molecule has 5 nitrogen and oxygen atoms in total. The van der Waals surface area contributed by atoms with Gasteiger partial charge in [0.2, 0.25) is 5.91 Å². The topological polar surface area (TPSA) is 69.6 Å². The third-order valence-corrected chi connectivity index (χ3v) is 4.35. The molecule has 1 atom stereocenters. The molecule has 0 radical (unpaired) electrons. The van der Waals surface area contributed by atoms with Crippen LogP contribution in [0, 0.1) is 0 Å². The smallest absolute Gasteiger partial charge is 0.406 e. The zero-order chi connectivity index (χ0) is 18.9. The highest BCUT2D eigenvalue weighted by atomic mass is 19.4. The van der Waals surface area contributed by atoms with Crippen LogP contribution in [0.5, 0.6) is 5.75 Å². The van der Waals surface area contributed by atoms with Crippen LogP contribution in [0.3, 0.4) is 0 Å². The summed E-state index contributed by atoms with van der Waals surface area (Å²) in [5, 5.41) is 14.0. The number of likely N-dealkylation sites (tertiary alicyclic amines) is 1. The van der Waals surface area contributed by atoms with Gasteiger partial charge in [0.25, 0.3) is 5.91 Å². The van der Waals surface area contributed by atoms with E-state index in [1.807, 2.05) is 0 Å². The largest absolute Gasteiger partial charge is 0.506 e. The number of piperidine rings is 1. The molecule has 1 aliphatic heterocycles. The molecular formula is C18H17F3N2O3. The molecule has 2 aromatic rings. The van der Waals surface area contributed by atoms with E-state index in [-0.39, 0.29) is 24.3 Å². The summed E-state index contributed by atoms with van der Waals surface area (Å²) in [7, 11) is 0. The number of benzene rings is 2. The number of rotatable bonds is 3. The Morgan fingerprint density at radius 3 is 2.69 bits per heavy atom. The molecule has 1 saturated heterocycles. The maximum absolute atomic E-state index is 12.6. The van der Waals surface area contributed by atoms with Gasteiger partial charge in [-0.25, -0.2) is 0 Å². The van der Waals surface area contributed by atoms with Crippen LogP contribution in [0.15, 0.2) is 36.4 Å². The number of phenols is 1. The molecule has 0 aromatic heterocycles. The minimum absolute atomic E-state index is 0.00589. The highest BCUT2D eigenvalue weighted by Gasteiger charge is 2.38. The number of carbonyl (C=O) groups excluding carboxylic acids is 2. The van der Waals surface area contributed by atoms with Crippen molar-refractivity contribution in [3.05, 3.63) is 42.0 Å². The van der Waals surface area contributed by atoms with Gasteiger partial charge in [-0.15, -0.1) is 0 Å². The Kier molecular flexibility index (Phi) is 4.76. The first-order valence-corrected chi connectivity index (χ1v) is 8.13. The molecule has 2 amide bonds. The van der Waals surface area contributed by atoms with Crippen LogP contribution < -0.4 is 5.32 Å². The van der Waals surface area contributed by atoms with Gasteiger partial charge in [0.1, 0.15) is 18.3 Å². The number of halogens is 3. The number of alkyl halides is 3. The summed E-state index contributed by atoms with van der Waals surface area (Å²) in [5.74, 6) is -1.68. The van der Waals surface area contributed by atoms with Gasteiger partial charge in [-0.05, 0) is 24.3 Å². The molecular weight excluding hydrogens is 349 g/mol. The lowest BCUT2D eigenvalue weighted by Gasteiger charge is -2.33. The molecule has 1 heterocycles. The molecule has 26 heavy (non-hydrogen) atoms. The summed E-state index contributed by atoms with van der Waals surface area (Å²) in [4.78, 5) is 25.4. The molecule has 1 fully saturated rings. The van der Waals surface area contributed by atoms with Crippen molar-refractivity contribution >= 4 is 22.6 Å². The number of nitrogens with one attached hydrogen (secondary N) is 1. The first-order valence-electron chi connectivity index (χ1n) is 8.13. The minimum Gasteiger partial charge on any atom is -0.506 e. The molecule has 0 bridgehead atoms. The quantitative estimate of drug-likeness (QED) is 0.878. The van der Waals surface area contributed by atoms with Gasteiger partial charge in [0.05, 0.1) is 5.56 Å². The standard InChI is InChI=1S/C18H17F3N2O3/c19-18(20,21)10-23-9-3-6-14(17(23)26)22-16(25)13-8-7-11-4-1-2-5-12(11)15(13)24/h1-2,4-5,7-8,14,24H,3,6,9-10H2,(H,22,25). The van der Waals surface area contributed by atoms with Crippen LogP contribution in [-0.4, -0.2) is 47.1 Å². The summed E-state index contributed by atoms with van der Waals surface area (Å²) in [6, 6.07) is 8.97. The van der Waals surface area contributed by atoms with Gasteiger partial charge in [0.15, 0.2) is 0 Å². The van der Waals surface area contributed by atoms with Gasteiger partial charge < -0.3 is 15.3 Å². The second-order valence-electron chi connectivity index (χ2n) is 6.23. The van der Waals surface area contributed by atoms with Gasteiger partial charge >= 0.3 is 6.18 Å². The van der Waals surface area contributed by atoms with Crippen LogP contribution in [0.4, 0.5) is 13.2 Å². The van der Waals surface area contributed by atoms with Gasteiger partial charge in [-0.1, -0.05) is 30.3 Å². The zero-order valence-electron chi connectivity index (χ0n) is 13.7. The normalized spacial score (nSPS) is 18.2. The Morgan fingerprint density at radius 1 is 1.23 bits per heavy atom. The van der Waals surface area contributed by atoms with Crippen molar-refractivity contribution in [1.29, 1.82) is 0 Å². The lowest BCUT2D eigenvalue weighted by Crippen LogP contribution is -2.54. The number of carbonyl (C=O) groups is 2. The highest BCUT2D eigenvalue weighted by Crippen LogP contribution is 2.29. The van der Waals surface area contributed by atoms with Crippen LogP contribution in [-0.2, 0) is 4.79 Å². The van der Waals surface area contributed by atoms with Crippen molar-refractivity contribution in [3.63, 3.8) is 0 Å². The summed E-state index contributed by atoms with van der Waals surface area (Å²) in [6.45, 7) is -1.33. The second kappa shape index (κ2) is 6.86. The number of phenolic OH excluding ortho intramolecular Hbond substituents is 1. The van der Waals surface area contributed by atoms with Crippen molar-refractivity contribution in [2.24, 2.45) is 0 Å². The van der Waals surface area contributed by atoms with Crippen LogP contribution in [0.25, 0.3) is 10.8 Å². The molecule has 1 aliphatic rings. The molecule has 2 aromatic carbocycles. The number of hydrogen-bond donors (Lipinski definition) is 2. The molecule has 138 valence electrons. The van der Waals surface area contributed by atoms with E-state index in [0.717, 1.165) is 5.39 Å². The molecule has 1 unspecified atom stereocenters. The van der Waals surface area contributed by atoms with Crippen molar-refractivity contribution in [2.75, 3.05) is 13.1 Å². The first-order chi connectivity index (χ1) is 12.3. The molecule has 8 heteroatoms.